The van der Waals surface area contributed by atoms with Gasteiger partial charge in [0, 0.05) is 31.4 Å². The quantitative estimate of drug-likeness (QED) is 0.595. The molecule has 0 unspecified atom stereocenters. The number of nitriles is 1. The number of likely N-dealkylation sites (tertiary alicyclic amines) is 1. The molecule has 0 radical (unpaired) electrons. The number of unbranched alkanes of at least 4 members (excludes halogenated alkanes) is 1. The first kappa shape index (κ1) is 25.4. The SMILES string of the molecule is CCCCN(Cc1ccc(C#N)cc1)[C@H]1C[C@@H](C(=O)N2CCSC2)N(C(=O)OC(C)(C)C)C1. The molecule has 180 valence electrons. The van der Waals surface area contributed by atoms with Crippen LogP contribution in [0.4, 0.5) is 4.79 Å². The van der Waals surface area contributed by atoms with Crippen molar-refractivity contribution in [3.05, 3.63) is 35.4 Å². The van der Waals surface area contributed by atoms with E-state index in [0.29, 0.717) is 24.4 Å². The van der Waals surface area contributed by atoms with Crippen LogP contribution >= 0.6 is 11.8 Å². The maximum atomic E-state index is 13.4. The van der Waals surface area contributed by atoms with Gasteiger partial charge in [0.15, 0.2) is 0 Å². The number of amides is 2. The fraction of sp³-hybridized carbons (Fsp3) is 0.640. The van der Waals surface area contributed by atoms with Crippen LogP contribution in [0.2, 0.25) is 0 Å². The Labute approximate surface area is 202 Å². The Bertz CT molecular complexity index is 856. The van der Waals surface area contributed by atoms with Gasteiger partial charge in [-0.25, -0.2) is 4.79 Å². The highest BCUT2D eigenvalue weighted by Gasteiger charge is 2.45. The monoisotopic (exact) mass is 472 g/mol. The van der Waals surface area contributed by atoms with E-state index in [9.17, 15) is 9.59 Å². The predicted octanol–water partition coefficient (Wildman–Crippen LogP) is 4.07. The number of carbonyl (C=O) groups excluding carboxylic acids is 2. The first-order valence-electron chi connectivity index (χ1n) is 11.8. The lowest BCUT2D eigenvalue weighted by Crippen LogP contribution is -2.48. The van der Waals surface area contributed by atoms with Crippen LogP contribution in [0.15, 0.2) is 24.3 Å². The molecular weight excluding hydrogens is 436 g/mol. The van der Waals surface area contributed by atoms with E-state index in [4.69, 9.17) is 10.00 Å². The molecule has 0 bridgehead atoms. The lowest BCUT2D eigenvalue weighted by molar-refractivity contribution is -0.134. The first-order valence-corrected chi connectivity index (χ1v) is 13.0. The number of hydrogen-bond donors (Lipinski definition) is 0. The van der Waals surface area contributed by atoms with Crippen LogP contribution in [0.1, 0.15) is 58.1 Å². The Kier molecular flexibility index (Phi) is 8.66. The molecule has 2 atom stereocenters. The molecule has 33 heavy (non-hydrogen) atoms. The van der Waals surface area contributed by atoms with Crippen molar-refractivity contribution < 1.29 is 14.3 Å². The van der Waals surface area contributed by atoms with Crippen molar-refractivity contribution in [1.29, 1.82) is 5.26 Å². The van der Waals surface area contributed by atoms with Gasteiger partial charge in [-0.2, -0.15) is 5.26 Å². The maximum Gasteiger partial charge on any atom is 0.411 e. The number of thioether (sulfide) groups is 1. The lowest BCUT2D eigenvalue weighted by Gasteiger charge is -2.30. The van der Waals surface area contributed by atoms with E-state index in [2.05, 4.69) is 17.9 Å². The molecular formula is C25H36N4O3S. The molecule has 0 saturated carbocycles. The highest BCUT2D eigenvalue weighted by atomic mass is 32.2. The predicted molar refractivity (Wildman–Crippen MR) is 131 cm³/mol. The fourth-order valence-electron chi connectivity index (χ4n) is 4.30. The van der Waals surface area contributed by atoms with E-state index in [0.717, 1.165) is 43.8 Å². The molecule has 0 spiro atoms. The van der Waals surface area contributed by atoms with Gasteiger partial charge >= 0.3 is 6.09 Å². The van der Waals surface area contributed by atoms with Gasteiger partial charge in [0.2, 0.25) is 5.91 Å². The van der Waals surface area contributed by atoms with Crippen molar-refractivity contribution in [3.63, 3.8) is 0 Å². The number of rotatable bonds is 7. The molecule has 1 aromatic rings. The smallest absolute Gasteiger partial charge is 0.411 e. The van der Waals surface area contributed by atoms with Crippen molar-refractivity contribution in [1.82, 2.24) is 14.7 Å². The molecule has 0 aromatic heterocycles. The van der Waals surface area contributed by atoms with Crippen LogP contribution in [-0.2, 0) is 16.1 Å². The van der Waals surface area contributed by atoms with E-state index in [1.165, 1.54) is 0 Å². The minimum atomic E-state index is -0.614. The van der Waals surface area contributed by atoms with E-state index >= 15 is 0 Å². The Morgan fingerprint density at radius 1 is 1.27 bits per heavy atom. The second-order valence-electron chi connectivity index (χ2n) is 9.81. The van der Waals surface area contributed by atoms with Gasteiger partial charge in [0.1, 0.15) is 11.6 Å². The normalized spacial score (nSPS) is 20.8. The van der Waals surface area contributed by atoms with Gasteiger partial charge in [-0.1, -0.05) is 25.5 Å². The molecule has 3 rings (SSSR count). The third-order valence-corrected chi connectivity index (χ3v) is 7.01. The van der Waals surface area contributed by atoms with E-state index in [1.807, 2.05) is 49.9 Å². The summed E-state index contributed by atoms with van der Waals surface area (Å²) < 4.78 is 5.68. The molecule has 2 aliphatic heterocycles. The number of nitrogens with zero attached hydrogens (tertiary/aromatic N) is 4. The van der Waals surface area contributed by atoms with Gasteiger partial charge in [-0.05, 0) is 57.9 Å². The van der Waals surface area contributed by atoms with E-state index in [-0.39, 0.29) is 11.9 Å². The van der Waals surface area contributed by atoms with Crippen LogP contribution in [-0.4, -0.2) is 75.6 Å². The molecule has 0 N–H and O–H groups in total. The first-order chi connectivity index (χ1) is 15.7. The van der Waals surface area contributed by atoms with Gasteiger partial charge in [-0.3, -0.25) is 14.6 Å². The molecule has 2 aliphatic rings. The molecule has 2 amide bonds. The Morgan fingerprint density at radius 2 is 2.00 bits per heavy atom. The molecule has 0 aliphatic carbocycles. The van der Waals surface area contributed by atoms with Crippen molar-refractivity contribution in [2.75, 3.05) is 31.3 Å². The standard InChI is InChI=1S/C25H36N4O3S/c1-5-6-11-27(16-20-9-7-19(15-26)8-10-20)21-14-22(23(30)28-12-13-33-18-28)29(17-21)24(31)32-25(2,3)4/h7-10,21-22H,5-6,11-14,16-18H2,1-4H3/t21-,22-/m0/s1. The van der Waals surface area contributed by atoms with Gasteiger partial charge in [0.25, 0.3) is 0 Å². The summed E-state index contributed by atoms with van der Waals surface area (Å²) in [4.78, 5) is 32.3. The molecule has 8 heteroatoms. The molecule has 2 heterocycles. The maximum absolute atomic E-state index is 13.4. The summed E-state index contributed by atoms with van der Waals surface area (Å²) in [5, 5.41) is 9.08. The summed E-state index contributed by atoms with van der Waals surface area (Å²) in [6.07, 6.45) is 2.31. The van der Waals surface area contributed by atoms with Gasteiger partial charge in [-0.15, -0.1) is 11.8 Å². The topological polar surface area (TPSA) is 76.9 Å². The Balaban J connectivity index is 1.80. The zero-order valence-corrected chi connectivity index (χ0v) is 21.1. The fourth-order valence-corrected chi connectivity index (χ4v) is 5.26. The largest absolute Gasteiger partial charge is 0.444 e. The zero-order chi connectivity index (χ0) is 24.0. The van der Waals surface area contributed by atoms with Crippen molar-refractivity contribution in [2.45, 2.75) is 71.2 Å². The number of hydrogen-bond acceptors (Lipinski definition) is 6. The van der Waals surface area contributed by atoms with E-state index in [1.54, 1.807) is 16.7 Å². The second-order valence-corrected chi connectivity index (χ2v) is 10.9. The van der Waals surface area contributed by atoms with Crippen LogP contribution in [0.3, 0.4) is 0 Å². The zero-order valence-electron chi connectivity index (χ0n) is 20.2. The second kappa shape index (κ2) is 11.3. The van der Waals surface area contributed by atoms with Crippen molar-refractivity contribution in [2.24, 2.45) is 0 Å². The Morgan fingerprint density at radius 3 is 2.58 bits per heavy atom. The molecule has 2 saturated heterocycles. The summed E-state index contributed by atoms with van der Waals surface area (Å²) in [6, 6.07) is 9.40. The van der Waals surface area contributed by atoms with E-state index < -0.39 is 17.7 Å². The van der Waals surface area contributed by atoms with Crippen LogP contribution in [0.25, 0.3) is 0 Å². The summed E-state index contributed by atoms with van der Waals surface area (Å²) in [5.74, 6) is 1.66. The van der Waals surface area contributed by atoms with Gasteiger partial charge < -0.3 is 9.64 Å². The Hall–Kier alpha value is -2.24. The summed E-state index contributed by atoms with van der Waals surface area (Å²) in [7, 11) is 0. The average Bonchev–Trinajstić information content (AvgIpc) is 3.46. The van der Waals surface area contributed by atoms with Crippen LogP contribution < -0.4 is 0 Å². The highest BCUT2D eigenvalue weighted by molar-refractivity contribution is 7.99. The molecule has 2 fully saturated rings. The lowest BCUT2D eigenvalue weighted by atomic mass is 10.1. The van der Waals surface area contributed by atoms with Crippen molar-refractivity contribution in [3.8, 4) is 6.07 Å². The average molecular weight is 473 g/mol. The summed E-state index contributed by atoms with van der Waals surface area (Å²) in [5.41, 5.74) is 1.15. The van der Waals surface area contributed by atoms with Crippen LogP contribution in [0, 0.1) is 11.3 Å². The number of benzene rings is 1. The molecule has 1 aromatic carbocycles. The molecule has 7 nitrogen and oxygen atoms in total. The van der Waals surface area contributed by atoms with Crippen LogP contribution in [0.5, 0.6) is 0 Å². The summed E-state index contributed by atoms with van der Waals surface area (Å²) >= 11 is 1.75. The third kappa shape index (κ3) is 6.87. The minimum absolute atomic E-state index is 0.0298. The highest BCUT2D eigenvalue weighted by Crippen LogP contribution is 2.29. The number of ether oxygens (including phenoxy) is 1. The summed E-state index contributed by atoms with van der Waals surface area (Å²) in [6.45, 7) is 10.5. The van der Waals surface area contributed by atoms with Crippen molar-refractivity contribution >= 4 is 23.8 Å². The van der Waals surface area contributed by atoms with Gasteiger partial charge in [0.05, 0.1) is 17.5 Å². The minimum Gasteiger partial charge on any atom is -0.444 e. The number of carbonyl (C=O) groups is 2. The third-order valence-electron chi connectivity index (χ3n) is 6.04.